The molecule has 4 rings (SSSR count). The Hall–Kier alpha value is -2.99. The number of amides is 1. The van der Waals surface area contributed by atoms with Gasteiger partial charge in [-0.25, -0.2) is 14.4 Å². The molecule has 136 valence electrons. The predicted molar refractivity (Wildman–Crippen MR) is 103 cm³/mol. The number of hydrogen-bond donors (Lipinski definition) is 1. The van der Waals surface area contributed by atoms with Gasteiger partial charge in [0.2, 0.25) is 0 Å². The summed E-state index contributed by atoms with van der Waals surface area (Å²) in [5, 5.41) is 3.05. The number of anilines is 3. The van der Waals surface area contributed by atoms with Crippen LogP contribution in [-0.2, 0) is 6.42 Å². The van der Waals surface area contributed by atoms with Crippen molar-refractivity contribution in [3.05, 3.63) is 76.5 Å². The lowest BCUT2D eigenvalue weighted by atomic mass is 10.2. The first-order chi connectivity index (χ1) is 13.0. The number of halogens is 2. The highest BCUT2D eigenvalue weighted by atomic mass is 35.5. The average molecular weight is 383 g/mol. The van der Waals surface area contributed by atoms with Gasteiger partial charge < -0.3 is 10.2 Å². The van der Waals surface area contributed by atoms with Crippen LogP contribution in [0.2, 0.25) is 5.02 Å². The Kier molecular flexibility index (Phi) is 4.49. The van der Waals surface area contributed by atoms with E-state index in [9.17, 15) is 9.18 Å². The zero-order chi connectivity index (χ0) is 19.0. The van der Waals surface area contributed by atoms with E-state index >= 15 is 0 Å². The van der Waals surface area contributed by atoms with E-state index in [1.807, 2.05) is 24.3 Å². The fourth-order valence-electron chi connectivity index (χ4n) is 3.15. The normalized spacial score (nSPS) is 12.8. The Morgan fingerprint density at radius 1 is 1.19 bits per heavy atom. The molecular weight excluding hydrogens is 367 g/mol. The average Bonchev–Trinajstić information content (AvgIpc) is 3.08. The molecular formula is C20H16ClFN4O. The molecule has 0 radical (unpaired) electrons. The summed E-state index contributed by atoms with van der Waals surface area (Å²) >= 11 is 5.82. The molecule has 5 nitrogen and oxygen atoms in total. The number of rotatable bonds is 3. The number of aryl methyl sites for hydroxylation is 1. The van der Waals surface area contributed by atoms with Crippen molar-refractivity contribution in [3.8, 4) is 0 Å². The first-order valence-electron chi connectivity index (χ1n) is 8.49. The van der Waals surface area contributed by atoms with Gasteiger partial charge in [0.1, 0.15) is 23.2 Å². The maximum Gasteiger partial charge on any atom is 0.277 e. The maximum absolute atomic E-state index is 13.3. The molecule has 1 aliphatic rings. The van der Waals surface area contributed by atoms with Crippen molar-refractivity contribution in [2.75, 3.05) is 16.8 Å². The van der Waals surface area contributed by atoms with Gasteiger partial charge in [0.05, 0.1) is 5.02 Å². The number of carbonyl (C=O) groups excluding carboxylic acids is 1. The number of aromatic nitrogens is 2. The van der Waals surface area contributed by atoms with Gasteiger partial charge in [0.25, 0.3) is 5.91 Å². The lowest BCUT2D eigenvalue weighted by molar-refractivity contribution is 0.0984. The number of carbonyl (C=O) groups is 1. The van der Waals surface area contributed by atoms with Crippen molar-refractivity contribution in [3.63, 3.8) is 0 Å². The van der Waals surface area contributed by atoms with Gasteiger partial charge in [-0.15, -0.1) is 0 Å². The van der Waals surface area contributed by atoms with E-state index in [-0.39, 0.29) is 10.9 Å². The Morgan fingerprint density at radius 3 is 2.81 bits per heavy atom. The molecule has 27 heavy (non-hydrogen) atoms. The van der Waals surface area contributed by atoms with Crippen molar-refractivity contribution in [1.29, 1.82) is 0 Å². The largest absolute Gasteiger partial charge is 0.340 e. The summed E-state index contributed by atoms with van der Waals surface area (Å²) in [5.74, 6) is 0.236. The number of para-hydroxylation sites is 1. The molecule has 1 amide bonds. The van der Waals surface area contributed by atoms with Crippen LogP contribution in [0.1, 0.15) is 21.9 Å². The summed E-state index contributed by atoms with van der Waals surface area (Å²) in [6, 6.07) is 13.7. The van der Waals surface area contributed by atoms with Crippen LogP contribution in [0.4, 0.5) is 21.6 Å². The molecule has 0 bridgehead atoms. The van der Waals surface area contributed by atoms with Crippen LogP contribution in [0, 0.1) is 12.7 Å². The van der Waals surface area contributed by atoms with Crippen LogP contribution in [0.25, 0.3) is 0 Å². The second-order valence-electron chi connectivity index (χ2n) is 6.28. The fraction of sp³-hybridized carbons (Fsp3) is 0.150. The van der Waals surface area contributed by atoms with E-state index in [4.69, 9.17) is 11.6 Å². The smallest absolute Gasteiger partial charge is 0.277 e. The standard InChI is InChI=1S/C20H16ClFN4O/c1-12-23-17(20(27)26-9-8-13-4-2-3-5-18(13)26)11-19(24-12)25-14-6-7-16(22)15(21)10-14/h2-7,10-11H,8-9H2,1H3,(H,23,24,25). The Bertz CT molecular complexity index is 1040. The maximum atomic E-state index is 13.3. The van der Waals surface area contributed by atoms with Crippen LogP contribution >= 0.6 is 11.6 Å². The van der Waals surface area contributed by atoms with Crippen LogP contribution in [-0.4, -0.2) is 22.4 Å². The van der Waals surface area contributed by atoms with E-state index in [1.165, 1.54) is 12.1 Å². The molecule has 0 aliphatic carbocycles. The lowest BCUT2D eigenvalue weighted by Gasteiger charge is -2.17. The molecule has 0 unspecified atom stereocenters. The molecule has 7 heteroatoms. The van der Waals surface area contributed by atoms with Gasteiger partial charge >= 0.3 is 0 Å². The van der Waals surface area contributed by atoms with Gasteiger partial charge in [-0.3, -0.25) is 4.79 Å². The molecule has 2 aromatic carbocycles. The van der Waals surface area contributed by atoms with E-state index in [2.05, 4.69) is 15.3 Å². The third kappa shape index (κ3) is 3.48. The first-order valence-corrected chi connectivity index (χ1v) is 8.86. The highest BCUT2D eigenvalue weighted by Gasteiger charge is 2.26. The number of nitrogens with one attached hydrogen (secondary N) is 1. The number of hydrogen-bond acceptors (Lipinski definition) is 4. The Morgan fingerprint density at radius 2 is 2.00 bits per heavy atom. The van der Waals surface area contributed by atoms with Gasteiger partial charge in [0, 0.05) is 24.0 Å². The Balaban J connectivity index is 1.62. The summed E-state index contributed by atoms with van der Waals surface area (Å²) < 4.78 is 13.3. The minimum atomic E-state index is -0.496. The lowest BCUT2D eigenvalue weighted by Crippen LogP contribution is -2.30. The third-order valence-corrected chi connectivity index (χ3v) is 4.67. The summed E-state index contributed by atoms with van der Waals surface area (Å²) in [6.45, 7) is 2.34. The molecule has 1 N–H and O–H groups in total. The molecule has 0 atom stereocenters. The van der Waals surface area contributed by atoms with Crippen molar-refractivity contribution < 1.29 is 9.18 Å². The van der Waals surface area contributed by atoms with Crippen molar-refractivity contribution in [1.82, 2.24) is 9.97 Å². The zero-order valence-corrected chi connectivity index (χ0v) is 15.3. The Labute approximate surface area is 160 Å². The molecule has 0 saturated carbocycles. The number of fused-ring (bicyclic) bond motifs is 1. The second-order valence-corrected chi connectivity index (χ2v) is 6.68. The van der Waals surface area contributed by atoms with Crippen molar-refractivity contribution >= 4 is 34.7 Å². The van der Waals surface area contributed by atoms with Gasteiger partial charge in [-0.05, 0) is 43.2 Å². The van der Waals surface area contributed by atoms with Crippen molar-refractivity contribution in [2.24, 2.45) is 0 Å². The third-order valence-electron chi connectivity index (χ3n) is 4.38. The number of benzene rings is 2. The van der Waals surface area contributed by atoms with Gasteiger partial charge in [0.15, 0.2) is 0 Å². The molecule has 2 heterocycles. The number of nitrogens with zero attached hydrogens (tertiary/aromatic N) is 3. The van der Waals surface area contributed by atoms with Gasteiger partial charge in [-0.2, -0.15) is 0 Å². The van der Waals surface area contributed by atoms with Gasteiger partial charge in [-0.1, -0.05) is 29.8 Å². The van der Waals surface area contributed by atoms with E-state index < -0.39 is 5.82 Å². The quantitative estimate of drug-likeness (QED) is 0.723. The summed E-state index contributed by atoms with van der Waals surface area (Å²) in [6.07, 6.45) is 0.825. The highest BCUT2D eigenvalue weighted by Crippen LogP contribution is 2.29. The molecule has 0 fully saturated rings. The minimum absolute atomic E-state index is 0.00996. The summed E-state index contributed by atoms with van der Waals surface area (Å²) in [7, 11) is 0. The first kappa shape index (κ1) is 17.4. The van der Waals surface area contributed by atoms with E-state index in [1.54, 1.807) is 24.0 Å². The van der Waals surface area contributed by atoms with Crippen molar-refractivity contribution in [2.45, 2.75) is 13.3 Å². The second kappa shape index (κ2) is 6.96. The molecule has 0 saturated heterocycles. The monoisotopic (exact) mass is 382 g/mol. The molecule has 0 spiro atoms. The van der Waals surface area contributed by atoms with E-state index in [0.717, 1.165) is 17.7 Å². The topological polar surface area (TPSA) is 58.1 Å². The summed E-state index contributed by atoms with van der Waals surface area (Å²) in [4.78, 5) is 23.3. The van der Waals surface area contributed by atoms with Crippen LogP contribution in [0.5, 0.6) is 0 Å². The summed E-state index contributed by atoms with van der Waals surface area (Å²) in [5.41, 5.74) is 2.94. The SMILES string of the molecule is Cc1nc(Nc2ccc(F)c(Cl)c2)cc(C(=O)N2CCc3ccccc32)n1. The molecule has 1 aromatic heterocycles. The highest BCUT2D eigenvalue weighted by molar-refractivity contribution is 6.31. The van der Waals surface area contributed by atoms with Crippen LogP contribution in [0.15, 0.2) is 48.5 Å². The predicted octanol–water partition coefficient (Wildman–Crippen LogP) is 4.52. The van der Waals surface area contributed by atoms with Crippen LogP contribution in [0.3, 0.4) is 0 Å². The fourth-order valence-corrected chi connectivity index (χ4v) is 3.33. The minimum Gasteiger partial charge on any atom is -0.340 e. The van der Waals surface area contributed by atoms with Crippen LogP contribution < -0.4 is 10.2 Å². The van der Waals surface area contributed by atoms with E-state index in [0.29, 0.717) is 29.6 Å². The molecule has 1 aliphatic heterocycles. The molecule has 3 aromatic rings. The zero-order valence-electron chi connectivity index (χ0n) is 14.5.